The van der Waals surface area contributed by atoms with Crippen molar-refractivity contribution in [3.05, 3.63) is 24.3 Å². The molecule has 0 aromatic carbocycles. The van der Waals surface area contributed by atoms with Gasteiger partial charge in [0.25, 0.3) is 0 Å². The molecule has 1 atom stereocenters. The Labute approximate surface area is 72.8 Å². The second-order valence-electron chi connectivity index (χ2n) is 2.48. The number of aliphatic hydroxyl groups is 1. The number of aliphatic hydroxyl groups excluding tert-OH is 1. The van der Waals surface area contributed by atoms with Crippen molar-refractivity contribution in [1.29, 1.82) is 0 Å². The van der Waals surface area contributed by atoms with E-state index >= 15 is 0 Å². The summed E-state index contributed by atoms with van der Waals surface area (Å²) in [5, 5.41) is 11.2. The van der Waals surface area contributed by atoms with Crippen molar-refractivity contribution >= 4 is 5.91 Å². The molecule has 1 amide bonds. The number of rotatable bonds is 4. The molecule has 0 radical (unpaired) electrons. The number of allylic oxidation sites excluding steroid dienone is 3. The van der Waals surface area contributed by atoms with Crippen LogP contribution in [0, 0.1) is 0 Å². The van der Waals surface area contributed by atoms with E-state index in [-0.39, 0.29) is 18.6 Å². The van der Waals surface area contributed by atoms with Crippen molar-refractivity contribution in [3.63, 3.8) is 0 Å². The number of hydrogen-bond acceptors (Lipinski definition) is 2. The molecule has 0 saturated carbocycles. The molecule has 0 aliphatic rings. The van der Waals surface area contributed by atoms with Gasteiger partial charge in [-0.25, -0.2) is 0 Å². The van der Waals surface area contributed by atoms with E-state index in [1.807, 2.05) is 13.0 Å². The first-order chi connectivity index (χ1) is 5.70. The zero-order valence-corrected chi connectivity index (χ0v) is 7.45. The van der Waals surface area contributed by atoms with Crippen LogP contribution in [0.1, 0.15) is 13.8 Å². The van der Waals surface area contributed by atoms with Crippen LogP contribution in [-0.2, 0) is 4.79 Å². The predicted octanol–water partition coefficient (Wildman–Crippen LogP) is 0.616. The standard InChI is InChI=1S/C9H15NO2/c1-3-4-5-6-9(12)10-8(2)7-11/h3-6,8,11H,7H2,1-2H3,(H,10,12)/t8-/m0/s1. The van der Waals surface area contributed by atoms with Crippen LogP contribution in [0.15, 0.2) is 24.3 Å². The molecule has 0 bridgehead atoms. The molecule has 0 aliphatic carbocycles. The predicted molar refractivity (Wildman–Crippen MR) is 48.6 cm³/mol. The van der Waals surface area contributed by atoms with Crippen LogP contribution < -0.4 is 5.32 Å². The summed E-state index contributed by atoms with van der Waals surface area (Å²) in [5.74, 6) is -0.186. The molecule has 68 valence electrons. The van der Waals surface area contributed by atoms with Crippen LogP contribution in [0.2, 0.25) is 0 Å². The molecule has 0 aromatic rings. The molecule has 3 heteroatoms. The first kappa shape index (κ1) is 10.9. The van der Waals surface area contributed by atoms with Gasteiger partial charge in [0, 0.05) is 12.1 Å². The van der Waals surface area contributed by atoms with E-state index < -0.39 is 0 Å². The lowest BCUT2D eigenvalue weighted by atomic mass is 10.3. The summed E-state index contributed by atoms with van der Waals surface area (Å²) in [6, 6.07) is -0.187. The maximum Gasteiger partial charge on any atom is 0.244 e. The molecule has 0 saturated heterocycles. The lowest BCUT2D eigenvalue weighted by Gasteiger charge is -2.07. The van der Waals surface area contributed by atoms with Gasteiger partial charge in [-0.2, -0.15) is 0 Å². The maximum atomic E-state index is 10.9. The van der Waals surface area contributed by atoms with Gasteiger partial charge in [-0.15, -0.1) is 0 Å². The summed E-state index contributed by atoms with van der Waals surface area (Å²) in [5.41, 5.74) is 0. The maximum absolute atomic E-state index is 10.9. The van der Waals surface area contributed by atoms with Gasteiger partial charge in [-0.05, 0) is 13.8 Å². The molecule has 2 N–H and O–H groups in total. The van der Waals surface area contributed by atoms with Crippen LogP contribution in [0.3, 0.4) is 0 Å². The smallest absolute Gasteiger partial charge is 0.244 e. The fraction of sp³-hybridized carbons (Fsp3) is 0.444. The molecule has 0 aromatic heterocycles. The van der Waals surface area contributed by atoms with Crippen LogP contribution in [0.25, 0.3) is 0 Å². The minimum Gasteiger partial charge on any atom is -0.394 e. The average Bonchev–Trinajstić information content (AvgIpc) is 2.05. The number of carbonyl (C=O) groups is 1. The molecule has 0 heterocycles. The summed E-state index contributed by atoms with van der Waals surface area (Å²) in [4.78, 5) is 10.9. The Morgan fingerprint density at radius 3 is 2.75 bits per heavy atom. The Hall–Kier alpha value is -1.09. The SMILES string of the molecule is CC=CC=CC(=O)N[C@@H](C)CO. The number of hydrogen-bond donors (Lipinski definition) is 2. The Morgan fingerprint density at radius 2 is 2.25 bits per heavy atom. The summed E-state index contributed by atoms with van der Waals surface area (Å²) in [7, 11) is 0. The van der Waals surface area contributed by atoms with E-state index in [2.05, 4.69) is 5.32 Å². The lowest BCUT2D eigenvalue weighted by Crippen LogP contribution is -2.33. The van der Waals surface area contributed by atoms with E-state index in [9.17, 15) is 4.79 Å². The summed E-state index contributed by atoms with van der Waals surface area (Å²) >= 11 is 0. The van der Waals surface area contributed by atoms with Crippen molar-refractivity contribution in [3.8, 4) is 0 Å². The zero-order chi connectivity index (χ0) is 9.40. The van der Waals surface area contributed by atoms with E-state index in [0.29, 0.717) is 0 Å². The average molecular weight is 169 g/mol. The molecule has 0 rings (SSSR count). The molecule has 3 nitrogen and oxygen atoms in total. The van der Waals surface area contributed by atoms with E-state index in [0.717, 1.165) is 0 Å². The van der Waals surface area contributed by atoms with Crippen molar-refractivity contribution in [2.24, 2.45) is 0 Å². The van der Waals surface area contributed by atoms with Crippen molar-refractivity contribution < 1.29 is 9.90 Å². The Kier molecular flexibility index (Phi) is 6.01. The van der Waals surface area contributed by atoms with Gasteiger partial charge in [0.1, 0.15) is 0 Å². The fourth-order valence-corrected chi connectivity index (χ4v) is 0.591. The number of amides is 1. The Bertz CT molecular complexity index is 185. The van der Waals surface area contributed by atoms with Crippen molar-refractivity contribution in [1.82, 2.24) is 5.32 Å². The number of nitrogens with one attached hydrogen (secondary N) is 1. The molecule has 0 unspecified atom stereocenters. The molecular weight excluding hydrogens is 154 g/mol. The topological polar surface area (TPSA) is 49.3 Å². The fourth-order valence-electron chi connectivity index (χ4n) is 0.591. The lowest BCUT2D eigenvalue weighted by molar-refractivity contribution is -0.117. The van der Waals surface area contributed by atoms with Crippen LogP contribution in [-0.4, -0.2) is 23.7 Å². The normalized spacial score (nSPS) is 13.9. The van der Waals surface area contributed by atoms with Gasteiger partial charge in [0.15, 0.2) is 0 Å². The first-order valence-corrected chi connectivity index (χ1v) is 3.91. The largest absolute Gasteiger partial charge is 0.394 e. The first-order valence-electron chi connectivity index (χ1n) is 3.91. The van der Waals surface area contributed by atoms with E-state index in [1.165, 1.54) is 6.08 Å². The van der Waals surface area contributed by atoms with Gasteiger partial charge in [0.05, 0.1) is 6.61 Å². The highest BCUT2D eigenvalue weighted by Crippen LogP contribution is 1.81. The van der Waals surface area contributed by atoms with E-state index in [1.54, 1.807) is 19.1 Å². The molecular formula is C9H15NO2. The van der Waals surface area contributed by atoms with Gasteiger partial charge in [-0.3, -0.25) is 4.79 Å². The van der Waals surface area contributed by atoms with E-state index in [4.69, 9.17) is 5.11 Å². The minimum atomic E-state index is -0.187. The highest BCUT2D eigenvalue weighted by atomic mass is 16.3. The van der Waals surface area contributed by atoms with Gasteiger partial charge < -0.3 is 10.4 Å². The summed E-state index contributed by atoms with van der Waals surface area (Å²) in [6.07, 6.45) is 6.67. The highest BCUT2D eigenvalue weighted by molar-refractivity contribution is 5.87. The van der Waals surface area contributed by atoms with Gasteiger partial charge in [-0.1, -0.05) is 18.2 Å². The monoisotopic (exact) mass is 169 g/mol. The van der Waals surface area contributed by atoms with Crippen LogP contribution >= 0.6 is 0 Å². The van der Waals surface area contributed by atoms with Crippen molar-refractivity contribution in [2.45, 2.75) is 19.9 Å². The summed E-state index contributed by atoms with van der Waals surface area (Å²) in [6.45, 7) is 3.57. The number of carbonyl (C=O) groups excluding carboxylic acids is 1. The molecule has 12 heavy (non-hydrogen) atoms. The summed E-state index contributed by atoms with van der Waals surface area (Å²) < 4.78 is 0. The van der Waals surface area contributed by atoms with Crippen LogP contribution in [0.4, 0.5) is 0 Å². The zero-order valence-electron chi connectivity index (χ0n) is 7.45. The second-order valence-corrected chi connectivity index (χ2v) is 2.48. The van der Waals surface area contributed by atoms with Crippen molar-refractivity contribution in [2.75, 3.05) is 6.61 Å². The third-order valence-corrected chi connectivity index (χ3v) is 1.21. The highest BCUT2D eigenvalue weighted by Gasteiger charge is 2.00. The second kappa shape index (κ2) is 6.61. The molecule has 0 spiro atoms. The Balaban J connectivity index is 3.73. The van der Waals surface area contributed by atoms with Gasteiger partial charge >= 0.3 is 0 Å². The molecule has 0 fully saturated rings. The quantitative estimate of drug-likeness (QED) is 0.478. The molecule has 0 aliphatic heterocycles. The minimum absolute atomic E-state index is 0.0385. The third kappa shape index (κ3) is 5.68. The van der Waals surface area contributed by atoms with Crippen LogP contribution in [0.5, 0.6) is 0 Å². The van der Waals surface area contributed by atoms with Gasteiger partial charge in [0.2, 0.25) is 5.91 Å². The third-order valence-electron chi connectivity index (χ3n) is 1.21. The Morgan fingerprint density at radius 1 is 1.58 bits per heavy atom.